The minimum atomic E-state index is -0.846. The fraction of sp³-hybridized carbons (Fsp3) is 0.857. The molecule has 2 rings (SSSR count). The van der Waals surface area contributed by atoms with Crippen LogP contribution in [0.1, 0.15) is 52.4 Å². The van der Waals surface area contributed by atoms with E-state index in [9.17, 15) is 9.59 Å². The zero-order chi connectivity index (χ0) is 13.9. The second-order valence-electron chi connectivity index (χ2n) is 5.74. The van der Waals surface area contributed by atoms with Crippen molar-refractivity contribution in [2.75, 3.05) is 6.61 Å². The first-order valence-electron chi connectivity index (χ1n) is 7.33. The van der Waals surface area contributed by atoms with Gasteiger partial charge in [0.2, 0.25) is 0 Å². The van der Waals surface area contributed by atoms with E-state index >= 15 is 0 Å². The highest BCUT2D eigenvalue weighted by Crippen LogP contribution is 2.35. The maximum atomic E-state index is 12.2. The number of rotatable bonds is 5. The van der Waals surface area contributed by atoms with E-state index in [4.69, 9.17) is 4.74 Å². The molecule has 5 nitrogen and oxygen atoms in total. The third-order valence-corrected chi connectivity index (χ3v) is 4.44. The summed E-state index contributed by atoms with van der Waals surface area (Å²) < 4.78 is 5.77. The van der Waals surface area contributed by atoms with Crippen molar-refractivity contribution in [3.05, 3.63) is 0 Å². The van der Waals surface area contributed by atoms with Crippen molar-refractivity contribution >= 4 is 11.9 Å². The Morgan fingerprint density at radius 2 is 2.00 bits per heavy atom. The van der Waals surface area contributed by atoms with Gasteiger partial charge in [0.15, 0.2) is 0 Å². The minimum absolute atomic E-state index is 0.103. The molecule has 2 unspecified atom stereocenters. The molecule has 1 saturated heterocycles. The molecule has 2 N–H and O–H groups in total. The van der Waals surface area contributed by atoms with Crippen molar-refractivity contribution in [2.24, 2.45) is 5.92 Å². The van der Waals surface area contributed by atoms with Gasteiger partial charge < -0.3 is 10.1 Å². The standard InChI is InChI=1S/C14H24N2O3/c1-3-10(2)19-9-14(11-7-5-4-6-8-11)12(17)15-13(18)16-14/h10-11H,3-9H2,1-2H3,(H2,15,16,17,18). The molecule has 19 heavy (non-hydrogen) atoms. The van der Waals surface area contributed by atoms with Crippen LogP contribution in [0.4, 0.5) is 4.79 Å². The van der Waals surface area contributed by atoms with Crippen LogP contribution in [0.15, 0.2) is 0 Å². The van der Waals surface area contributed by atoms with Crippen LogP contribution in [0.5, 0.6) is 0 Å². The SMILES string of the molecule is CCC(C)OCC1(C2CCCCC2)NC(=O)NC1=O. The summed E-state index contributed by atoms with van der Waals surface area (Å²) in [6.07, 6.45) is 6.43. The fourth-order valence-electron chi connectivity index (χ4n) is 3.00. The van der Waals surface area contributed by atoms with Crippen molar-refractivity contribution in [1.82, 2.24) is 10.6 Å². The fourth-order valence-corrected chi connectivity index (χ4v) is 3.00. The number of ether oxygens (including phenoxy) is 1. The van der Waals surface area contributed by atoms with E-state index in [0.717, 1.165) is 32.1 Å². The highest BCUT2D eigenvalue weighted by molar-refractivity contribution is 6.07. The number of nitrogens with one attached hydrogen (secondary N) is 2. The summed E-state index contributed by atoms with van der Waals surface area (Å²) in [5, 5.41) is 5.22. The molecule has 2 aliphatic rings. The van der Waals surface area contributed by atoms with Gasteiger partial charge in [0.25, 0.3) is 5.91 Å². The van der Waals surface area contributed by atoms with Crippen molar-refractivity contribution < 1.29 is 14.3 Å². The summed E-state index contributed by atoms with van der Waals surface area (Å²) in [6, 6.07) is -0.386. The first kappa shape index (κ1) is 14.3. The smallest absolute Gasteiger partial charge is 0.322 e. The zero-order valence-corrected chi connectivity index (χ0v) is 11.8. The van der Waals surface area contributed by atoms with Crippen LogP contribution in [0, 0.1) is 5.92 Å². The Bertz CT molecular complexity index is 353. The van der Waals surface area contributed by atoms with Gasteiger partial charge in [-0.1, -0.05) is 26.2 Å². The highest BCUT2D eigenvalue weighted by Gasteiger charge is 2.52. The van der Waals surface area contributed by atoms with E-state index in [-0.39, 0.29) is 30.6 Å². The van der Waals surface area contributed by atoms with Crippen LogP contribution in [0.25, 0.3) is 0 Å². The monoisotopic (exact) mass is 268 g/mol. The van der Waals surface area contributed by atoms with Gasteiger partial charge in [-0.25, -0.2) is 4.79 Å². The van der Waals surface area contributed by atoms with Crippen molar-refractivity contribution in [1.29, 1.82) is 0 Å². The Hall–Kier alpha value is -1.10. The molecule has 1 aliphatic heterocycles. The lowest BCUT2D eigenvalue weighted by Gasteiger charge is -2.37. The van der Waals surface area contributed by atoms with Crippen LogP contribution in [-0.4, -0.2) is 30.2 Å². The van der Waals surface area contributed by atoms with Crippen LogP contribution < -0.4 is 10.6 Å². The molecule has 0 radical (unpaired) electrons. The largest absolute Gasteiger partial charge is 0.376 e. The quantitative estimate of drug-likeness (QED) is 0.749. The van der Waals surface area contributed by atoms with Crippen LogP contribution in [0.3, 0.4) is 0 Å². The molecule has 2 atom stereocenters. The maximum absolute atomic E-state index is 12.2. The van der Waals surface area contributed by atoms with Gasteiger partial charge in [0.1, 0.15) is 5.54 Å². The lowest BCUT2D eigenvalue weighted by atomic mass is 9.75. The Balaban J connectivity index is 2.12. The summed E-state index contributed by atoms with van der Waals surface area (Å²) in [5.74, 6) is -0.0236. The lowest BCUT2D eigenvalue weighted by Crippen LogP contribution is -2.57. The second kappa shape index (κ2) is 5.90. The molecule has 2 fully saturated rings. The highest BCUT2D eigenvalue weighted by atomic mass is 16.5. The van der Waals surface area contributed by atoms with Gasteiger partial charge >= 0.3 is 6.03 Å². The number of hydrogen-bond acceptors (Lipinski definition) is 3. The first-order chi connectivity index (χ1) is 9.08. The van der Waals surface area contributed by atoms with Crippen LogP contribution in [-0.2, 0) is 9.53 Å². The summed E-state index contributed by atoms with van der Waals surface area (Å²) in [7, 11) is 0. The first-order valence-corrected chi connectivity index (χ1v) is 7.33. The molecule has 0 aromatic carbocycles. The molecule has 0 bridgehead atoms. The predicted molar refractivity (Wildman–Crippen MR) is 71.7 cm³/mol. The third-order valence-electron chi connectivity index (χ3n) is 4.44. The summed E-state index contributed by atoms with van der Waals surface area (Å²) in [6.45, 7) is 4.32. The van der Waals surface area contributed by atoms with Crippen molar-refractivity contribution in [3.8, 4) is 0 Å². The molecule has 1 saturated carbocycles. The third kappa shape index (κ3) is 2.91. The number of imide groups is 1. The van der Waals surface area contributed by atoms with E-state index in [1.165, 1.54) is 6.42 Å². The normalized spacial score (nSPS) is 30.0. The van der Waals surface area contributed by atoms with E-state index in [1.807, 2.05) is 13.8 Å². The maximum Gasteiger partial charge on any atom is 0.322 e. The molecule has 108 valence electrons. The Morgan fingerprint density at radius 1 is 1.32 bits per heavy atom. The van der Waals surface area contributed by atoms with E-state index in [1.54, 1.807) is 0 Å². The van der Waals surface area contributed by atoms with Gasteiger partial charge in [-0.2, -0.15) is 0 Å². The molecule has 1 heterocycles. The van der Waals surface area contributed by atoms with Gasteiger partial charge in [-0.05, 0) is 32.1 Å². The summed E-state index contributed by atoms with van der Waals surface area (Å²) >= 11 is 0. The summed E-state index contributed by atoms with van der Waals surface area (Å²) in [4.78, 5) is 23.8. The van der Waals surface area contributed by atoms with E-state index < -0.39 is 5.54 Å². The van der Waals surface area contributed by atoms with E-state index in [0.29, 0.717) is 0 Å². The lowest BCUT2D eigenvalue weighted by molar-refractivity contribution is -0.130. The molecular formula is C14H24N2O3. The van der Waals surface area contributed by atoms with Crippen molar-refractivity contribution in [3.63, 3.8) is 0 Å². The molecule has 0 aromatic rings. The van der Waals surface area contributed by atoms with Gasteiger partial charge in [0.05, 0.1) is 12.7 Å². The average Bonchev–Trinajstić information content (AvgIpc) is 2.72. The Labute approximate surface area is 114 Å². The number of carbonyl (C=O) groups is 2. The van der Waals surface area contributed by atoms with Crippen LogP contribution >= 0.6 is 0 Å². The molecule has 3 amide bonds. The summed E-state index contributed by atoms with van der Waals surface area (Å²) in [5.41, 5.74) is -0.846. The molecule has 0 aromatic heterocycles. The average molecular weight is 268 g/mol. The number of amides is 3. The second-order valence-corrected chi connectivity index (χ2v) is 5.74. The molecule has 5 heteroatoms. The van der Waals surface area contributed by atoms with Gasteiger partial charge in [-0.3, -0.25) is 10.1 Å². The van der Waals surface area contributed by atoms with Crippen molar-refractivity contribution in [2.45, 2.75) is 64.0 Å². The number of urea groups is 1. The molecule has 0 spiro atoms. The Kier molecular flexibility index (Phi) is 4.45. The molecular weight excluding hydrogens is 244 g/mol. The predicted octanol–water partition coefficient (Wildman–Crippen LogP) is 1.96. The van der Waals surface area contributed by atoms with Gasteiger partial charge in [0, 0.05) is 0 Å². The number of hydrogen-bond donors (Lipinski definition) is 2. The topological polar surface area (TPSA) is 67.4 Å². The minimum Gasteiger partial charge on any atom is -0.376 e. The van der Waals surface area contributed by atoms with Gasteiger partial charge in [-0.15, -0.1) is 0 Å². The van der Waals surface area contributed by atoms with E-state index in [2.05, 4.69) is 10.6 Å². The molecule has 1 aliphatic carbocycles. The zero-order valence-electron chi connectivity index (χ0n) is 11.8. The Morgan fingerprint density at radius 3 is 2.53 bits per heavy atom. The number of carbonyl (C=O) groups excluding carboxylic acids is 2. The van der Waals surface area contributed by atoms with Crippen LogP contribution in [0.2, 0.25) is 0 Å².